The highest BCUT2D eigenvalue weighted by Gasteiger charge is 2.00. The number of nitrogens with zero attached hydrogens (tertiary/aromatic N) is 2. The van der Waals surface area contributed by atoms with Crippen molar-refractivity contribution in [2.45, 2.75) is 13.3 Å². The van der Waals surface area contributed by atoms with Gasteiger partial charge in [0.2, 0.25) is 0 Å². The van der Waals surface area contributed by atoms with E-state index in [0.717, 1.165) is 12.1 Å². The van der Waals surface area contributed by atoms with Crippen molar-refractivity contribution in [3.8, 4) is 5.69 Å². The number of hydrogen-bond donors (Lipinski definition) is 1. The molecule has 0 unspecified atom stereocenters. The Labute approximate surface area is 89.6 Å². The summed E-state index contributed by atoms with van der Waals surface area (Å²) in [5, 5.41) is 0. The Morgan fingerprint density at radius 2 is 2.27 bits per heavy atom. The summed E-state index contributed by atoms with van der Waals surface area (Å²) in [7, 11) is 0. The lowest BCUT2D eigenvalue weighted by molar-refractivity contribution is 0.952. The fraction of sp³-hybridized carbons (Fsp3) is 0.250. The number of rotatable bonds is 3. The van der Waals surface area contributed by atoms with Gasteiger partial charge >= 0.3 is 0 Å². The molecule has 0 aliphatic carbocycles. The Morgan fingerprint density at radius 1 is 1.40 bits per heavy atom. The van der Waals surface area contributed by atoms with Crippen LogP contribution >= 0.6 is 0 Å². The van der Waals surface area contributed by atoms with Crippen LogP contribution in [0, 0.1) is 6.92 Å². The molecule has 0 amide bonds. The Morgan fingerprint density at radius 3 is 2.87 bits per heavy atom. The number of benzene rings is 1. The first-order valence-corrected chi connectivity index (χ1v) is 5.09. The molecule has 3 nitrogen and oxygen atoms in total. The molecule has 3 heteroatoms. The molecule has 2 N–H and O–H groups in total. The van der Waals surface area contributed by atoms with Crippen LogP contribution in [0.1, 0.15) is 11.1 Å². The van der Waals surface area contributed by atoms with Gasteiger partial charge in [0.15, 0.2) is 0 Å². The van der Waals surface area contributed by atoms with Gasteiger partial charge in [0.05, 0.1) is 6.33 Å². The van der Waals surface area contributed by atoms with Crippen molar-refractivity contribution in [1.82, 2.24) is 9.55 Å². The average Bonchev–Trinajstić information content (AvgIpc) is 2.74. The Kier molecular flexibility index (Phi) is 2.83. The fourth-order valence-electron chi connectivity index (χ4n) is 1.69. The van der Waals surface area contributed by atoms with E-state index in [-0.39, 0.29) is 0 Å². The van der Waals surface area contributed by atoms with Gasteiger partial charge in [-0.2, -0.15) is 0 Å². The summed E-state index contributed by atoms with van der Waals surface area (Å²) in [5.41, 5.74) is 9.30. The first-order chi connectivity index (χ1) is 7.31. The minimum absolute atomic E-state index is 0.700. The maximum absolute atomic E-state index is 5.55. The van der Waals surface area contributed by atoms with Gasteiger partial charge in [0.1, 0.15) is 0 Å². The maximum atomic E-state index is 5.55. The van der Waals surface area contributed by atoms with Gasteiger partial charge in [0, 0.05) is 18.1 Å². The van der Waals surface area contributed by atoms with Crippen LogP contribution < -0.4 is 5.73 Å². The third kappa shape index (κ3) is 2.07. The number of aryl methyl sites for hydroxylation is 1. The molecule has 78 valence electrons. The van der Waals surface area contributed by atoms with E-state index in [1.807, 2.05) is 10.8 Å². The summed E-state index contributed by atoms with van der Waals surface area (Å²) in [5.74, 6) is 0. The van der Waals surface area contributed by atoms with Crippen molar-refractivity contribution in [1.29, 1.82) is 0 Å². The van der Waals surface area contributed by atoms with Crippen molar-refractivity contribution in [2.24, 2.45) is 5.73 Å². The van der Waals surface area contributed by atoms with Crippen LogP contribution in [0.3, 0.4) is 0 Å². The lowest BCUT2D eigenvalue weighted by Gasteiger charge is -2.08. The molecule has 1 aromatic carbocycles. The van der Waals surface area contributed by atoms with Crippen LogP contribution in [0.4, 0.5) is 0 Å². The van der Waals surface area contributed by atoms with Crippen molar-refractivity contribution >= 4 is 0 Å². The minimum atomic E-state index is 0.700. The number of imidazole rings is 1. The Hall–Kier alpha value is -1.61. The van der Waals surface area contributed by atoms with E-state index in [4.69, 9.17) is 5.73 Å². The van der Waals surface area contributed by atoms with Crippen LogP contribution in [0.2, 0.25) is 0 Å². The van der Waals surface area contributed by atoms with E-state index in [0.29, 0.717) is 6.54 Å². The predicted octanol–water partition coefficient (Wildman–Crippen LogP) is 1.68. The molecule has 0 aliphatic rings. The van der Waals surface area contributed by atoms with Crippen molar-refractivity contribution in [2.75, 3.05) is 6.54 Å². The molecule has 0 aliphatic heterocycles. The quantitative estimate of drug-likeness (QED) is 0.821. The van der Waals surface area contributed by atoms with E-state index in [2.05, 4.69) is 30.1 Å². The summed E-state index contributed by atoms with van der Waals surface area (Å²) in [6.45, 7) is 2.82. The molecule has 0 fully saturated rings. The van der Waals surface area contributed by atoms with Crippen LogP contribution in [0.15, 0.2) is 36.9 Å². The predicted molar refractivity (Wildman–Crippen MR) is 61.1 cm³/mol. The second-order valence-corrected chi connectivity index (χ2v) is 3.62. The lowest BCUT2D eigenvalue weighted by atomic mass is 10.1. The van der Waals surface area contributed by atoms with Gasteiger partial charge in [-0.1, -0.05) is 6.07 Å². The van der Waals surface area contributed by atoms with Crippen molar-refractivity contribution in [3.63, 3.8) is 0 Å². The summed E-state index contributed by atoms with van der Waals surface area (Å²) < 4.78 is 2.00. The van der Waals surface area contributed by atoms with E-state index < -0.39 is 0 Å². The molecule has 1 aromatic heterocycles. The topological polar surface area (TPSA) is 43.8 Å². The van der Waals surface area contributed by atoms with Gasteiger partial charge in [-0.05, 0) is 43.1 Å². The van der Waals surface area contributed by atoms with Gasteiger partial charge in [-0.3, -0.25) is 0 Å². The first kappa shape index (κ1) is 9.93. The molecule has 0 saturated carbocycles. The third-order valence-corrected chi connectivity index (χ3v) is 2.54. The van der Waals surface area contributed by atoms with Crippen molar-refractivity contribution < 1.29 is 0 Å². The zero-order valence-electron chi connectivity index (χ0n) is 8.85. The molecule has 2 aromatic rings. The average molecular weight is 201 g/mol. The zero-order chi connectivity index (χ0) is 10.7. The summed E-state index contributed by atoms with van der Waals surface area (Å²) >= 11 is 0. The highest BCUT2D eigenvalue weighted by Crippen LogP contribution is 2.14. The molecule has 0 bridgehead atoms. The van der Waals surface area contributed by atoms with Crippen molar-refractivity contribution in [3.05, 3.63) is 48.0 Å². The molecule has 1 heterocycles. The maximum Gasteiger partial charge on any atom is 0.0991 e. The van der Waals surface area contributed by atoms with E-state index >= 15 is 0 Å². The normalized spacial score (nSPS) is 10.5. The standard InChI is InChI=1S/C12H15N3/c1-10-8-12(15-7-6-14-9-15)3-2-11(10)4-5-13/h2-3,6-9H,4-5,13H2,1H3. The molecule has 15 heavy (non-hydrogen) atoms. The molecule has 0 radical (unpaired) electrons. The monoisotopic (exact) mass is 201 g/mol. The molecule has 0 spiro atoms. The van der Waals surface area contributed by atoms with E-state index in [9.17, 15) is 0 Å². The van der Waals surface area contributed by atoms with Gasteiger partial charge in [-0.15, -0.1) is 0 Å². The van der Waals surface area contributed by atoms with Crippen LogP contribution in [-0.4, -0.2) is 16.1 Å². The van der Waals surface area contributed by atoms with Gasteiger partial charge in [0.25, 0.3) is 0 Å². The Bertz CT molecular complexity index is 432. The van der Waals surface area contributed by atoms with E-state index in [1.54, 1.807) is 12.5 Å². The minimum Gasteiger partial charge on any atom is -0.330 e. The van der Waals surface area contributed by atoms with Crippen LogP contribution in [-0.2, 0) is 6.42 Å². The van der Waals surface area contributed by atoms with Crippen LogP contribution in [0.5, 0.6) is 0 Å². The molecule has 2 rings (SSSR count). The second-order valence-electron chi connectivity index (χ2n) is 3.62. The molecular weight excluding hydrogens is 186 g/mol. The highest BCUT2D eigenvalue weighted by molar-refractivity contribution is 5.40. The summed E-state index contributed by atoms with van der Waals surface area (Å²) in [6, 6.07) is 6.39. The van der Waals surface area contributed by atoms with E-state index in [1.165, 1.54) is 11.1 Å². The fourth-order valence-corrected chi connectivity index (χ4v) is 1.69. The molecule has 0 atom stereocenters. The largest absolute Gasteiger partial charge is 0.330 e. The summed E-state index contributed by atoms with van der Waals surface area (Å²) in [4.78, 5) is 4.03. The third-order valence-electron chi connectivity index (χ3n) is 2.54. The summed E-state index contributed by atoms with van der Waals surface area (Å²) in [6.07, 6.45) is 6.47. The SMILES string of the molecule is Cc1cc(-n2ccnc2)ccc1CCN. The van der Waals surface area contributed by atoms with Gasteiger partial charge in [-0.25, -0.2) is 4.98 Å². The second kappa shape index (κ2) is 4.28. The first-order valence-electron chi connectivity index (χ1n) is 5.09. The lowest BCUT2D eigenvalue weighted by Crippen LogP contribution is -2.04. The van der Waals surface area contributed by atoms with Gasteiger partial charge < -0.3 is 10.3 Å². The molecule has 0 saturated heterocycles. The number of nitrogens with two attached hydrogens (primary N) is 1. The smallest absolute Gasteiger partial charge is 0.0991 e. The Balaban J connectivity index is 2.33. The number of hydrogen-bond acceptors (Lipinski definition) is 2. The highest BCUT2D eigenvalue weighted by atomic mass is 15.0. The molecular formula is C12H15N3. The zero-order valence-corrected chi connectivity index (χ0v) is 8.85. The van der Waals surface area contributed by atoms with Crippen LogP contribution in [0.25, 0.3) is 5.69 Å². The number of aromatic nitrogens is 2.